The van der Waals surface area contributed by atoms with Gasteiger partial charge >= 0.3 is 6.18 Å². The molecule has 0 heterocycles. The third kappa shape index (κ3) is 2.69. The molecule has 0 aliphatic heterocycles. The molecule has 0 bridgehead atoms. The lowest BCUT2D eigenvalue weighted by atomic mass is 9.78. The van der Waals surface area contributed by atoms with E-state index >= 15 is 0 Å². The number of rotatable bonds is 3. The standard InChI is InChI=1S/C11H11Cl2F3O/c1-2-10(6-17,11(14,15)16)7-3-8(12)5-9(13)4-7/h3-5,17H,2,6H2,1H3. The van der Waals surface area contributed by atoms with Crippen molar-refractivity contribution < 1.29 is 18.3 Å². The molecule has 0 saturated carbocycles. The molecule has 0 aromatic heterocycles. The third-order valence-electron chi connectivity index (χ3n) is 2.83. The minimum Gasteiger partial charge on any atom is -0.395 e. The SMILES string of the molecule is CCC(CO)(c1cc(Cl)cc(Cl)c1)C(F)(F)F. The fourth-order valence-electron chi connectivity index (χ4n) is 1.69. The number of hydrogen-bond acceptors (Lipinski definition) is 1. The van der Waals surface area contributed by atoms with E-state index in [-0.39, 0.29) is 22.0 Å². The van der Waals surface area contributed by atoms with E-state index in [2.05, 4.69) is 0 Å². The first-order valence-electron chi connectivity index (χ1n) is 4.91. The molecule has 0 aliphatic carbocycles. The molecule has 1 aromatic rings. The predicted octanol–water partition coefficient (Wildman–Crippen LogP) is 4.20. The van der Waals surface area contributed by atoms with Crippen molar-refractivity contribution in [2.45, 2.75) is 24.9 Å². The van der Waals surface area contributed by atoms with Gasteiger partial charge in [-0.25, -0.2) is 0 Å². The Balaban J connectivity index is 3.42. The molecule has 0 fully saturated rings. The molecule has 1 unspecified atom stereocenters. The molecule has 1 atom stereocenters. The maximum Gasteiger partial charge on any atom is 0.400 e. The zero-order valence-electron chi connectivity index (χ0n) is 8.98. The molecule has 0 spiro atoms. The molecule has 0 amide bonds. The van der Waals surface area contributed by atoms with E-state index in [1.807, 2.05) is 0 Å². The van der Waals surface area contributed by atoms with E-state index in [1.165, 1.54) is 25.1 Å². The van der Waals surface area contributed by atoms with Gasteiger partial charge in [-0.05, 0) is 30.2 Å². The Morgan fingerprint density at radius 3 is 1.88 bits per heavy atom. The highest BCUT2D eigenvalue weighted by Gasteiger charge is 2.54. The number of hydrogen-bond donors (Lipinski definition) is 1. The predicted molar refractivity (Wildman–Crippen MR) is 61.6 cm³/mol. The molecule has 17 heavy (non-hydrogen) atoms. The summed E-state index contributed by atoms with van der Waals surface area (Å²) in [5.74, 6) is 0. The van der Waals surface area contributed by atoms with E-state index in [9.17, 15) is 13.2 Å². The zero-order valence-corrected chi connectivity index (χ0v) is 10.5. The van der Waals surface area contributed by atoms with Crippen molar-refractivity contribution in [1.82, 2.24) is 0 Å². The summed E-state index contributed by atoms with van der Waals surface area (Å²) in [5, 5.41) is 9.37. The van der Waals surface area contributed by atoms with Crippen molar-refractivity contribution in [2.24, 2.45) is 0 Å². The Morgan fingerprint density at radius 2 is 1.59 bits per heavy atom. The van der Waals surface area contributed by atoms with Crippen LogP contribution in [-0.2, 0) is 5.41 Å². The van der Waals surface area contributed by atoms with Gasteiger partial charge in [-0.2, -0.15) is 13.2 Å². The second-order valence-electron chi connectivity index (χ2n) is 3.75. The fourth-order valence-corrected chi connectivity index (χ4v) is 2.22. The van der Waals surface area contributed by atoms with Gasteiger partial charge in [0, 0.05) is 10.0 Å². The molecule has 1 aromatic carbocycles. The molecule has 1 rings (SSSR count). The largest absolute Gasteiger partial charge is 0.400 e. The first kappa shape index (κ1) is 14.6. The third-order valence-corrected chi connectivity index (χ3v) is 3.27. The van der Waals surface area contributed by atoms with E-state index in [4.69, 9.17) is 28.3 Å². The van der Waals surface area contributed by atoms with Crippen molar-refractivity contribution in [3.05, 3.63) is 33.8 Å². The van der Waals surface area contributed by atoms with Gasteiger partial charge in [-0.15, -0.1) is 0 Å². The number of alkyl halides is 3. The quantitative estimate of drug-likeness (QED) is 0.883. The second-order valence-corrected chi connectivity index (χ2v) is 4.62. The average Bonchev–Trinajstić information content (AvgIpc) is 2.16. The topological polar surface area (TPSA) is 20.2 Å². The minimum atomic E-state index is -4.56. The lowest BCUT2D eigenvalue weighted by molar-refractivity contribution is -0.202. The minimum absolute atomic E-state index is 0.114. The molecular formula is C11H11Cl2F3O. The van der Waals surface area contributed by atoms with Crippen LogP contribution in [0.2, 0.25) is 10.0 Å². The number of halogens is 5. The highest BCUT2D eigenvalue weighted by atomic mass is 35.5. The van der Waals surface area contributed by atoms with Crippen LogP contribution in [0.1, 0.15) is 18.9 Å². The Morgan fingerprint density at radius 1 is 1.12 bits per heavy atom. The monoisotopic (exact) mass is 286 g/mol. The van der Waals surface area contributed by atoms with E-state index in [0.717, 1.165) is 0 Å². The molecule has 0 aliphatic rings. The molecule has 0 radical (unpaired) electrons. The van der Waals surface area contributed by atoms with Crippen LogP contribution in [-0.4, -0.2) is 17.9 Å². The van der Waals surface area contributed by atoms with Crippen molar-refractivity contribution in [3.63, 3.8) is 0 Å². The van der Waals surface area contributed by atoms with Gasteiger partial charge in [0.1, 0.15) is 5.41 Å². The van der Waals surface area contributed by atoms with Crippen LogP contribution in [0.25, 0.3) is 0 Å². The summed E-state index contributed by atoms with van der Waals surface area (Å²) in [5.41, 5.74) is -2.44. The Bertz CT molecular complexity index is 380. The van der Waals surface area contributed by atoms with Crippen LogP contribution < -0.4 is 0 Å². The van der Waals surface area contributed by atoms with Gasteiger partial charge in [-0.3, -0.25) is 0 Å². The van der Waals surface area contributed by atoms with Gasteiger partial charge in [-0.1, -0.05) is 30.1 Å². The van der Waals surface area contributed by atoms with Crippen LogP contribution in [0.3, 0.4) is 0 Å². The summed E-state index contributed by atoms with van der Waals surface area (Å²) in [6.45, 7) is 0.322. The second kappa shape index (κ2) is 5.04. The first-order valence-corrected chi connectivity index (χ1v) is 5.66. The van der Waals surface area contributed by atoms with Gasteiger partial charge in [0.05, 0.1) is 6.61 Å². The van der Waals surface area contributed by atoms with Gasteiger partial charge in [0.25, 0.3) is 0 Å². The van der Waals surface area contributed by atoms with Gasteiger partial charge in [0.2, 0.25) is 0 Å². The van der Waals surface area contributed by atoms with Crippen molar-refractivity contribution in [1.29, 1.82) is 0 Å². The van der Waals surface area contributed by atoms with E-state index in [1.54, 1.807) is 0 Å². The highest BCUT2D eigenvalue weighted by Crippen LogP contribution is 2.44. The zero-order chi connectivity index (χ0) is 13.3. The van der Waals surface area contributed by atoms with Crippen LogP contribution in [0.15, 0.2) is 18.2 Å². The Hall–Kier alpha value is -0.450. The van der Waals surface area contributed by atoms with Gasteiger partial charge < -0.3 is 5.11 Å². The van der Waals surface area contributed by atoms with Crippen molar-refractivity contribution in [3.8, 4) is 0 Å². The number of aliphatic hydroxyl groups excluding tert-OH is 1. The van der Waals surface area contributed by atoms with Gasteiger partial charge in [0.15, 0.2) is 0 Å². The Labute approximate surface area is 107 Å². The normalized spacial score (nSPS) is 15.7. The maximum atomic E-state index is 13.1. The summed E-state index contributed by atoms with van der Waals surface area (Å²) in [7, 11) is 0. The van der Waals surface area contributed by atoms with Crippen LogP contribution in [0.4, 0.5) is 13.2 Å². The molecular weight excluding hydrogens is 276 g/mol. The molecule has 0 saturated heterocycles. The average molecular weight is 287 g/mol. The Kier molecular flexibility index (Phi) is 4.33. The summed E-state index contributed by atoms with van der Waals surface area (Å²) in [4.78, 5) is 0. The summed E-state index contributed by atoms with van der Waals surface area (Å²) >= 11 is 11.4. The summed E-state index contributed by atoms with van der Waals surface area (Å²) < 4.78 is 39.2. The van der Waals surface area contributed by atoms with Crippen LogP contribution in [0.5, 0.6) is 0 Å². The highest BCUT2D eigenvalue weighted by molar-refractivity contribution is 6.34. The van der Waals surface area contributed by atoms with E-state index in [0.29, 0.717) is 0 Å². The molecule has 1 N–H and O–H groups in total. The van der Waals surface area contributed by atoms with Crippen molar-refractivity contribution in [2.75, 3.05) is 6.61 Å². The molecule has 1 nitrogen and oxygen atoms in total. The fraction of sp³-hybridized carbons (Fsp3) is 0.455. The van der Waals surface area contributed by atoms with Crippen LogP contribution >= 0.6 is 23.2 Å². The maximum absolute atomic E-state index is 13.1. The first-order chi connectivity index (χ1) is 7.76. The summed E-state index contributed by atoms with van der Waals surface area (Å²) in [6, 6.07) is 3.71. The molecule has 96 valence electrons. The number of benzene rings is 1. The van der Waals surface area contributed by atoms with E-state index < -0.39 is 18.2 Å². The van der Waals surface area contributed by atoms with Crippen molar-refractivity contribution >= 4 is 23.2 Å². The number of aliphatic hydroxyl groups is 1. The summed E-state index contributed by atoms with van der Waals surface area (Å²) in [6.07, 6.45) is -4.85. The lowest BCUT2D eigenvalue weighted by Gasteiger charge is -2.33. The smallest absolute Gasteiger partial charge is 0.395 e. The van der Waals surface area contributed by atoms with Crippen LogP contribution in [0, 0.1) is 0 Å². The molecule has 6 heteroatoms. The lowest BCUT2D eigenvalue weighted by Crippen LogP contribution is -2.45.